The van der Waals surface area contributed by atoms with E-state index in [0.29, 0.717) is 26.2 Å². The number of carbonyl (C=O) groups excluding carboxylic acids is 1. The maximum absolute atomic E-state index is 13.1. The summed E-state index contributed by atoms with van der Waals surface area (Å²) in [6, 6.07) is 6.47. The van der Waals surface area contributed by atoms with Crippen molar-refractivity contribution < 1.29 is 13.2 Å². The minimum Gasteiger partial charge on any atom is -0.338 e. The molecule has 0 spiro atoms. The molecule has 0 bridgehead atoms. The van der Waals surface area contributed by atoms with Crippen LogP contribution in [0.5, 0.6) is 0 Å². The summed E-state index contributed by atoms with van der Waals surface area (Å²) in [4.78, 5) is 14.3. The molecular weight excluding hydrogens is 386 g/mol. The minimum absolute atomic E-state index is 0.0266. The lowest BCUT2D eigenvalue weighted by Gasteiger charge is -2.23. The average Bonchev–Trinajstić information content (AvgIpc) is 2.95. The first kappa shape index (κ1) is 21.7. The Hall–Kier alpha value is -1.62. The van der Waals surface area contributed by atoms with Crippen LogP contribution in [0.2, 0.25) is 5.02 Å². The molecule has 1 aromatic rings. The Bertz CT molecular complexity index is 812. The standard InChI is InChI=1S/C19H26ClN3O3S/c1-3-22(14-15(2)13-21)19(24)16-8-9-17(20)18(12-16)27(25,26)23-10-6-4-5-7-11-23/h8-9,12,15H,3-7,10-11,14H2,1-2H3. The van der Waals surface area contributed by atoms with E-state index in [1.807, 2.05) is 6.92 Å². The van der Waals surface area contributed by atoms with Crippen LogP contribution in [0.1, 0.15) is 49.9 Å². The molecule has 1 fully saturated rings. The summed E-state index contributed by atoms with van der Waals surface area (Å²) in [6.07, 6.45) is 3.68. The molecular formula is C19H26ClN3O3S. The molecule has 1 aliphatic rings. The number of halogens is 1. The molecule has 1 aromatic carbocycles. The number of carbonyl (C=O) groups is 1. The van der Waals surface area contributed by atoms with Gasteiger partial charge in [-0.1, -0.05) is 24.4 Å². The average molecular weight is 412 g/mol. The molecule has 0 aliphatic carbocycles. The van der Waals surface area contributed by atoms with E-state index in [2.05, 4.69) is 6.07 Å². The van der Waals surface area contributed by atoms with E-state index in [-0.39, 0.29) is 27.3 Å². The van der Waals surface area contributed by atoms with E-state index in [9.17, 15) is 13.2 Å². The molecule has 2 rings (SSSR count). The summed E-state index contributed by atoms with van der Waals surface area (Å²) >= 11 is 6.19. The molecule has 6 nitrogen and oxygen atoms in total. The molecule has 1 atom stereocenters. The van der Waals surface area contributed by atoms with Crippen LogP contribution in [0.15, 0.2) is 23.1 Å². The third-order valence-corrected chi connectivity index (χ3v) is 7.12. The number of benzene rings is 1. The van der Waals surface area contributed by atoms with Gasteiger partial charge in [0.15, 0.2) is 0 Å². The highest BCUT2D eigenvalue weighted by Crippen LogP contribution is 2.28. The van der Waals surface area contributed by atoms with E-state index < -0.39 is 10.0 Å². The van der Waals surface area contributed by atoms with Gasteiger partial charge in [0.25, 0.3) is 5.91 Å². The Balaban J connectivity index is 2.34. The monoisotopic (exact) mass is 411 g/mol. The van der Waals surface area contributed by atoms with Crippen LogP contribution in [0.4, 0.5) is 0 Å². The fraction of sp³-hybridized carbons (Fsp3) is 0.579. The minimum atomic E-state index is -3.75. The lowest BCUT2D eigenvalue weighted by Crippen LogP contribution is -2.35. The van der Waals surface area contributed by atoms with Crippen molar-refractivity contribution >= 4 is 27.5 Å². The Morgan fingerprint density at radius 1 is 1.30 bits per heavy atom. The van der Waals surface area contributed by atoms with Gasteiger partial charge in [-0.2, -0.15) is 9.57 Å². The van der Waals surface area contributed by atoms with Crippen molar-refractivity contribution in [3.05, 3.63) is 28.8 Å². The molecule has 0 N–H and O–H groups in total. The number of nitrogens with zero attached hydrogens (tertiary/aromatic N) is 3. The quantitative estimate of drug-likeness (QED) is 0.717. The highest BCUT2D eigenvalue weighted by atomic mass is 35.5. The molecule has 148 valence electrons. The maximum atomic E-state index is 13.1. The zero-order chi connectivity index (χ0) is 20.0. The summed E-state index contributed by atoms with van der Waals surface area (Å²) in [7, 11) is -3.75. The van der Waals surface area contributed by atoms with Crippen molar-refractivity contribution in [2.24, 2.45) is 5.92 Å². The Kier molecular flexibility index (Phi) is 7.66. The van der Waals surface area contributed by atoms with Crippen LogP contribution in [-0.4, -0.2) is 49.7 Å². The fourth-order valence-electron chi connectivity index (χ4n) is 3.16. The molecule has 27 heavy (non-hydrogen) atoms. The SMILES string of the molecule is CCN(CC(C)C#N)C(=O)c1ccc(Cl)c(S(=O)(=O)N2CCCCCC2)c1. The predicted molar refractivity (Wildman–Crippen MR) is 105 cm³/mol. The Labute approximate surface area is 166 Å². The molecule has 1 heterocycles. The van der Waals surface area contributed by atoms with Crippen molar-refractivity contribution in [2.45, 2.75) is 44.4 Å². The molecule has 0 aromatic heterocycles. The highest BCUT2D eigenvalue weighted by Gasteiger charge is 2.29. The highest BCUT2D eigenvalue weighted by molar-refractivity contribution is 7.89. The Morgan fingerprint density at radius 3 is 2.48 bits per heavy atom. The molecule has 8 heteroatoms. The van der Waals surface area contributed by atoms with Crippen molar-refractivity contribution in [3.63, 3.8) is 0 Å². The summed E-state index contributed by atoms with van der Waals surface area (Å²) in [5, 5.41) is 9.11. The van der Waals surface area contributed by atoms with E-state index in [4.69, 9.17) is 16.9 Å². The van der Waals surface area contributed by atoms with Crippen molar-refractivity contribution in [2.75, 3.05) is 26.2 Å². The topological polar surface area (TPSA) is 81.5 Å². The molecule has 1 aliphatic heterocycles. The second-order valence-corrected chi connectivity index (χ2v) is 9.15. The number of rotatable bonds is 6. The number of hydrogen-bond donors (Lipinski definition) is 0. The van der Waals surface area contributed by atoms with Crippen molar-refractivity contribution in [1.29, 1.82) is 5.26 Å². The van der Waals surface area contributed by atoms with Crippen LogP contribution in [-0.2, 0) is 10.0 Å². The molecule has 0 radical (unpaired) electrons. The van der Waals surface area contributed by atoms with Crippen LogP contribution in [0.25, 0.3) is 0 Å². The molecule has 0 saturated carbocycles. The van der Waals surface area contributed by atoms with E-state index in [0.717, 1.165) is 25.7 Å². The summed E-state index contributed by atoms with van der Waals surface area (Å²) in [5.74, 6) is -0.606. The maximum Gasteiger partial charge on any atom is 0.253 e. The largest absolute Gasteiger partial charge is 0.338 e. The van der Waals surface area contributed by atoms with Gasteiger partial charge in [-0.3, -0.25) is 4.79 Å². The van der Waals surface area contributed by atoms with Gasteiger partial charge in [-0.25, -0.2) is 8.42 Å². The normalized spacial score (nSPS) is 17.0. The van der Waals surface area contributed by atoms with Gasteiger partial charge in [0.1, 0.15) is 4.90 Å². The second kappa shape index (κ2) is 9.54. The lowest BCUT2D eigenvalue weighted by molar-refractivity contribution is 0.0752. The van der Waals surface area contributed by atoms with Crippen LogP contribution in [0.3, 0.4) is 0 Å². The number of hydrogen-bond acceptors (Lipinski definition) is 4. The molecule has 1 saturated heterocycles. The van der Waals surface area contributed by atoms with Gasteiger partial charge in [-0.15, -0.1) is 0 Å². The molecule has 1 amide bonds. The third kappa shape index (κ3) is 5.22. The third-order valence-electron chi connectivity index (χ3n) is 4.74. The van der Waals surface area contributed by atoms with Gasteiger partial charge in [0, 0.05) is 31.7 Å². The summed E-state index contributed by atoms with van der Waals surface area (Å²) in [5.41, 5.74) is 0.264. The van der Waals surface area contributed by atoms with Crippen LogP contribution in [0, 0.1) is 17.2 Å². The van der Waals surface area contributed by atoms with Gasteiger partial charge in [0.2, 0.25) is 10.0 Å². The molecule has 1 unspecified atom stereocenters. The van der Waals surface area contributed by atoms with E-state index >= 15 is 0 Å². The van der Waals surface area contributed by atoms with Crippen molar-refractivity contribution in [3.8, 4) is 6.07 Å². The zero-order valence-corrected chi connectivity index (χ0v) is 17.4. The fourth-order valence-corrected chi connectivity index (χ4v) is 5.18. The van der Waals surface area contributed by atoms with E-state index in [1.54, 1.807) is 11.8 Å². The van der Waals surface area contributed by atoms with Crippen LogP contribution >= 0.6 is 11.6 Å². The van der Waals surface area contributed by atoms with Gasteiger partial charge in [0.05, 0.1) is 17.0 Å². The van der Waals surface area contributed by atoms with E-state index in [1.165, 1.54) is 22.5 Å². The van der Waals surface area contributed by atoms with Crippen LogP contribution < -0.4 is 0 Å². The predicted octanol–water partition coefficient (Wildman–Crippen LogP) is 3.53. The number of sulfonamides is 1. The smallest absolute Gasteiger partial charge is 0.253 e. The van der Waals surface area contributed by atoms with Crippen molar-refractivity contribution in [1.82, 2.24) is 9.21 Å². The van der Waals surface area contributed by atoms with Gasteiger partial charge >= 0.3 is 0 Å². The summed E-state index contributed by atoms with van der Waals surface area (Å²) < 4.78 is 27.6. The first-order valence-corrected chi connectivity index (χ1v) is 11.1. The van der Waals surface area contributed by atoms with Gasteiger partial charge < -0.3 is 4.90 Å². The second-order valence-electron chi connectivity index (χ2n) is 6.84. The first-order valence-electron chi connectivity index (χ1n) is 9.29. The number of nitriles is 1. The number of amides is 1. The Morgan fingerprint density at radius 2 is 1.93 bits per heavy atom. The summed E-state index contributed by atoms with van der Waals surface area (Å²) in [6.45, 7) is 5.24. The first-order chi connectivity index (χ1) is 12.8. The van der Waals surface area contributed by atoms with Gasteiger partial charge in [-0.05, 0) is 44.9 Å². The lowest BCUT2D eigenvalue weighted by atomic mass is 10.1. The zero-order valence-electron chi connectivity index (χ0n) is 15.8.